The molecule has 3 N–H and O–H groups in total. The summed E-state index contributed by atoms with van der Waals surface area (Å²) >= 11 is 0. The molecule has 92 valence electrons. The van der Waals surface area contributed by atoms with E-state index in [9.17, 15) is 9.59 Å². The quantitative estimate of drug-likeness (QED) is 0.683. The topological polar surface area (TPSA) is 84.7 Å². The average Bonchev–Trinajstić information content (AvgIpc) is 2.46. The molecule has 3 amide bonds. The Bertz CT molecular complexity index is 282. The molecule has 1 heterocycles. The van der Waals surface area contributed by atoms with Crippen LogP contribution in [0.2, 0.25) is 0 Å². The van der Waals surface area contributed by atoms with Gasteiger partial charge in [0, 0.05) is 19.1 Å². The molecule has 6 heteroatoms. The van der Waals surface area contributed by atoms with E-state index >= 15 is 0 Å². The van der Waals surface area contributed by atoms with Crippen molar-refractivity contribution in [3.05, 3.63) is 0 Å². The van der Waals surface area contributed by atoms with Crippen LogP contribution in [0.1, 0.15) is 13.3 Å². The summed E-state index contributed by atoms with van der Waals surface area (Å²) in [6.07, 6.45) is 0.991. The van der Waals surface area contributed by atoms with Gasteiger partial charge in [-0.2, -0.15) is 0 Å². The maximum atomic E-state index is 11.3. The lowest BCUT2D eigenvalue weighted by Crippen LogP contribution is -2.42. The summed E-state index contributed by atoms with van der Waals surface area (Å²) in [5, 5.41) is 2.06. The molecule has 0 aliphatic carbocycles. The summed E-state index contributed by atoms with van der Waals surface area (Å²) in [6, 6.07) is -0.802. The monoisotopic (exact) mass is 229 g/mol. The number of likely N-dealkylation sites (tertiary alicyclic amines) is 1. The third kappa shape index (κ3) is 3.79. The van der Waals surface area contributed by atoms with E-state index < -0.39 is 6.03 Å². The number of rotatable bonds is 4. The smallest absolute Gasteiger partial charge is 0.318 e. The first-order chi connectivity index (χ1) is 7.45. The molecule has 0 spiro atoms. The molecule has 1 atom stereocenters. The fourth-order valence-corrected chi connectivity index (χ4v) is 2.11. The van der Waals surface area contributed by atoms with Crippen molar-refractivity contribution in [1.82, 2.24) is 10.2 Å². The van der Waals surface area contributed by atoms with Crippen molar-refractivity contribution in [2.75, 3.05) is 33.4 Å². The summed E-state index contributed by atoms with van der Waals surface area (Å²) in [4.78, 5) is 23.8. The van der Waals surface area contributed by atoms with Gasteiger partial charge in [-0.05, 0) is 13.0 Å². The van der Waals surface area contributed by atoms with Gasteiger partial charge in [0.05, 0.1) is 13.2 Å². The highest BCUT2D eigenvalue weighted by Gasteiger charge is 2.34. The summed E-state index contributed by atoms with van der Waals surface area (Å²) in [7, 11) is 1.67. The maximum absolute atomic E-state index is 11.3. The van der Waals surface area contributed by atoms with Gasteiger partial charge in [-0.15, -0.1) is 0 Å². The molecule has 0 radical (unpaired) electrons. The van der Waals surface area contributed by atoms with Crippen LogP contribution < -0.4 is 11.1 Å². The normalized spacial score (nSPS) is 25.6. The number of carbonyl (C=O) groups is 2. The van der Waals surface area contributed by atoms with Crippen LogP contribution in [0.5, 0.6) is 0 Å². The molecule has 0 aromatic carbocycles. The summed E-state index contributed by atoms with van der Waals surface area (Å²) in [5.41, 5.74) is 4.96. The third-order valence-electron chi connectivity index (χ3n) is 2.76. The second-order valence-electron chi connectivity index (χ2n) is 4.62. The van der Waals surface area contributed by atoms with Gasteiger partial charge in [0.15, 0.2) is 0 Å². The predicted molar refractivity (Wildman–Crippen MR) is 58.8 cm³/mol. The van der Waals surface area contributed by atoms with Crippen LogP contribution in [0.15, 0.2) is 0 Å². The zero-order valence-electron chi connectivity index (χ0n) is 9.78. The molecule has 1 fully saturated rings. The summed E-state index contributed by atoms with van der Waals surface area (Å²) < 4.78 is 5.15. The third-order valence-corrected chi connectivity index (χ3v) is 2.76. The number of urea groups is 1. The molecule has 0 aromatic heterocycles. The van der Waals surface area contributed by atoms with Crippen LogP contribution in [0.3, 0.4) is 0 Å². The number of hydrogen-bond acceptors (Lipinski definition) is 4. The number of nitrogens with one attached hydrogen (secondary N) is 1. The number of nitrogens with two attached hydrogens (primary N) is 1. The first-order valence-electron chi connectivity index (χ1n) is 5.26. The fraction of sp³-hybridized carbons (Fsp3) is 0.800. The second kappa shape index (κ2) is 5.27. The highest BCUT2D eigenvalue weighted by Crippen LogP contribution is 2.29. The Morgan fingerprint density at radius 3 is 2.81 bits per heavy atom. The molecule has 0 saturated carbocycles. The van der Waals surface area contributed by atoms with Crippen LogP contribution in [0.25, 0.3) is 0 Å². The zero-order chi connectivity index (χ0) is 12.2. The summed E-state index contributed by atoms with van der Waals surface area (Å²) in [5.74, 6) is -0.353. The standard InChI is InChI=1S/C10H19N3O3/c1-10(7-16-2)3-4-13(6-10)5-8(14)12-9(11)15/h3-7H2,1-2H3,(H3,11,12,14,15). The number of hydrogen-bond donors (Lipinski definition) is 2. The number of primary amides is 1. The van der Waals surface area contributed by atoms with E-state index in [1.54, 1.807) is 7.11 Å². The molecule has 0 aromatic rings. The Morgan fingerprint density at radius 2 is 2.25 bits per heavy atom. The van der Waals surface area contributed by atoms with Gasteiger partial charge in [-0.25, -0.2) is 4.79 Å². The van der Waals surface area contributed by atoms with Gasteiger partial charge < -0.3 is 10.5 Å². The van der Waals surface area contributed by atoms with E-state index in [4.69, 9.17) is 10.5 Å². The molecule has 1 unspecified atom stereocenters. The van der Waals surface area contributed by atoms with Crippen molar-refractivity contribution in [2.45, 2.75) is 13.3 Å². The first kappa shape index (κ1) is 12.9. The van der Waals surface area contributed by atoms with Crippen LogP contribution in [-0.2, 0) is 9.53 Å². The minimum Gasteiger partial charge on any atom is -0.384 e. The lowest BCUT2D eigenvalue weighted by molar-refractivity contribution is -0.121. The van der Waals surface area contributed by atoms with Gasteiger partial charge in [0.1, 0.15) is 0 Å². The molecular weight excluding hydrogens is 210 g/mol. The largest absolute Gasteiger partial charge is 0.384 e. The molecular formula is C10H19N3O3. The Balaban J connectivity index is 2.36. The van der Waals surface area contributed by atoms with E-state index in [0.29, 0.717) is 6.61 Å². The fourth-order valence-electron chi connectivity index (χ4n) is 2.11. The number of nitrogens with zero attached hydrogens (tertiary/aromatic N) is 1. The number of ether oxygens (including phenoxy) is 1. The van der Waals surface area contributed by atoms with Crippen LogP contribution in [0, 0.1) is 5.41 Å². The Hall–Kier alpha value is -1.14. The number of amides is 3. The van der Waals surface area contributed by atoms with Crippen molar-refractivity contribution < 1.29 is 14.3 Å². The van der Waals surface area contributed by atoms with Crippen LogP contribution in [-0.4, -0.2) is 50.2 Å². The molecule has 1 saturated heterocycles. The van der Waals surface area contributed by atoms with Crippen molar-refractivity contribution in [2.24, 2.45) is 11.1 Å². The lowest BCUT2D eigenvalue weighted by atomic mass is 9.91. The van der Waals surface area contributed by atoms with Crippen molar-refractivity contribution >= 4 is 11.9 Å². The SMILES string of the molecule is COCC1(C)CCN(CC(=O)NC(N)=O)C1. The predicted octanol–water partition coefficient (Wildman–Crippen LogP) is -0.460. The molecule has 1 aliphatic rings. The number of carbonyl (C=O) groups excluding carboxylic acids is 2. The maximum Gasteiger partial charge on any atom is 0.318 e. The van der Waals surface area contributed by atoms with Crippen molar-refractivity contribution in [3.8, 4) is 0 Å². The Labute approximate surface area is 95.1 Å². The van der Waals surface area contributed by atoms with Crippen molar-refractivity contribution in [1.29, 1.82) is 0 Å². The van der Waals surface area contributed by atoms with Gasteiger partial charge in [-0.1, -0.05) is 6.92 Å². The van der Waals surface area contributed by atoms with E-state index in [-0.39, 0.29) is 17.9 Å². The van der Waals surface area contributed by atoms with Crippen LogP contribution >= 0.6 is 0 Å². The molecule has 16 heavy (non-hydrogen) atoms. The molecule has 1 aliphatic heterocycles. The number of methoxy groups -OCH3 is 1. The zero-order valence-corrected chi connectivity index (χ0v) is 9.78. The van der Waals surface area contributed by atoms with Crippen molar-refractivity contribution in [3.63, 3.8) is 0 Å². The lowest BCUT2D eigenvalue weighted by Gasteiger charge is -2.23. The van der Waals surface area contributed by atoms with Gasteiger partial charge >= 0.3 is 6.03 Å². The highest BCUT2D eigenvalue weighted by molar-refractivity contribution is 5.94. The Morgan fingerprint density at radius 1 is 1.56 bits per heavy atom. The van der Waals surface area contributed by atoms with Gasteiger partial charge in [0.2, 0.25) is 5.91 Å². The minimum atomic E-state index is -0.802. The molecule has 1 rings (SSSR count). The van der Waals surface area contributed by atoms with E-state index in [1.807, 2.05) is 4.90 Å². The minimum absolute atomic E-state index is 0.0990. The highest BCUT2D eigenvalue weighted by atomic mass is 16.5. The molecule has 0 bridgehead atoms. The summed E-state index contributed by atoms with van der Waals surface area (Å²) in [6.45, 7) is 4.66. The van der Waals surface area contributed by atoms with E-state index in [0.717, 1.165) is 19.5 Å². The average molecular weight is 229 g/mol. The second-order valence-corrected chi connectivity index (χ2v) is 4.62. The Kier molecular flexibility index (Phi) is 4.26. The van der Waals surface area contributed by atoms with Gasteiger partial charge in [0.25, 0.3) is 0 Å². The van der Waals surface area contributed by atoms with Crippen LogP contribution in [0.4, 0.5) is 4.79 Å². The van der Waals surface area contributed by atoms with Gasteiger partial charge in [-0.3, -0.25) is 15.0 Å². The van der Waals surface area contributed by atoms with E-state index in [1.165, 1.54) is 0 Å². The first-order valence-corrected chi connectivity index (χ1v) is 5.26. The van der Waals surface area contributed by atoms with E-state index in [2.05, 4.69) is 12.2 Å². The number of imide groups is 1. The molecule has 6 nitrogen and oxygen atoms in total.